The van der Waals surface area contributed by atoms with Crippen molar-refractivity contribution in [3.63, 3.8) is 0 Å². The number of benzene rings is 2. The van der Waals surface area contributed by atoms with Crippen LogP contribution < -0.4 is 5.32 Å². The first kappa shape index (κ1) is 14.2. The van der Waals surface area contributed by atoms with Crippen molar-refractivity contribution in [2.75, 3.05) is 11.9 Å². The maximum atomic E-state index is 5.94. The van der Waals surface area contributed by atoms with Crippen LogP contribution in [0.4, 0.5) is 5.82 Å². The third-order valence-electron chi connectivity index (χ3n) is 4.41. The molecule has 1 aliphatic rings. The Labute approximate surface area is 136 Å². The highest BCUT2D eigenvalue weighted by atomic mass is 16.5. The van der Waals surface area contributed by atoms with Crippen molar-refractivity contribution in [2.24, 2.45) is 0 Å². The zero-order chi connectivity index (χ0) is 15.5. The topological polar surface area (TPSA) is 34.2 Å². The molecule has 0 saturated carbocycles. The minimum Gasteiger partial charge on any atom is -0.373 e. The molecule has 0 spiro atoms. The SMILES string of the molecule is c1ccc(C2CC(Nc3ccc4ccccc4n3)CCO2)cc1. The second-order valence-corrected chi connectivity index (χ2v) is 6.02. The molecule has 1 saturated heterocycles. The molecule has 3 heteroatoms. The molecule has 3 aromatic rings. The normalized spacial score (nSPS) is 21.2. The number of hydrogen-bond donors (Lipinski definition) is 1. The van der Waals surface area contributed by atoms with Gasteiger partial charge in [0.2, 0.25) is 0 Å². The van der Waals surface area contributed by atoms with E-state index < -0.39 is 0 Å². The molecule has 0 amide bonds. The van der Waals surface area contributed by atoms with Crippen LogP contribution >= 0.6 is 0 Å². The van der Waals surface area contributed by atoms with Gasteiger partial charge in [0, 0.05) is 18.0 Å². The molecule has 2 unspecified atom stereocenters. The number of nitrogens with one attached hydrogen (secondary N) is 1. The number of hydrogen-bond acceptors (Lipinski definition) is 3. The molecule has 1 aromatic heterocycles. The summed E-state index contributed by atoms with van der Waals surface area (Å²) in [4.78, 5) is 4.72. The maximum Gasteiger partial charge on any atom is 0.126 e. The molecular formula is C20H20N2O. The second kappa shape index (κ2) is 6.39. The van der Waals surface area contributed by atoms with E-state index in [1.807, 2.05) is 18.2 Å². The van der Waals surface area contributed by atoms with Gasteiger partial charge in [0.1, 0.15) is 5.82 Å². The minimum atomic E-state index is 0.169. The molecule has 0 aliphatic carbocycles. The van der Waals surface area contributed by atoms with Crippen molar-refractivity contribution in [3.8, 4) is 0 Å². The summed E-state index contributed by atoms with van der Waals surface area (Å²) in [6, 6.07) is 23.3. The molecule has 116 valence electrons. The number of nitrogens with zero attached hydrogens (tertiary/aromatic N) is 1. The standard InChI is InChI=1S/C20H20N2O/c1-2-7-16(8-3-1)19-14-17(12-13-23-19)21-20-11-10-15-6-4-5-9-18(15)22-20/h1-11,17,19H,12-14H2,(H,21,22). The minimum absolute atomic E-state index is 0.169. The average Bonchev–Trinajstić information content (AvgIpc) is 2.63. The van der Waals surface area contributed by atoms with Crippen molar-refractivity contribution in [1.82, 2.24) is 4.98 Å². The zero-order valence-electron chi connectivity index (χ0n) is 13.0. The van der Waals surface area contributed by atoms with Crippen LogP contribution in [0.25, 0.3) is 10.9 Å². The highest BCUT2D eigenvalue weighted by molar-refractivity contribution is 5.80. The number of anilines is 1. The van der Waals surface area contributed by atoms with E-state index in [2.05, 4.69) is 53.8 Å². The zero-order valence-corrected chi connectivity index (χ0v) is 13.0. The molecule has 23 heavy (non-hydrogen) atoms. The van der Waals surface area contributed by atoms with E-state index in [4.69, 9.17) is 9.72 Å². The van der Waals surface area contributed by atoms with E-state index in [1.165, 1.54) is 10.9 Å². The van der Waals surface area contributed by atoms with Gasteiger partial charge in [-0.05, 0) is 36.6 Å². The Morgan fingerprint density at radius 3 is 2.65 bits per heavy atom. The third-order valence-corrected chi connectivity index (χ3v) is 4.41. The van der Waals surface area contributed by atoms with Gasteiger partial charge in [0.15, 0.2) is 0 Å². The predicted octanol–water partition coefficient (Wildman–Crippen LogP) is 4.57. The molecular weight excluding hydrogens is 284 g/mol. The van der Waals surface area contributed by atoms with Crippen LogP contribution in [0.2, 0.25) is 0 Å². The molecule has 4 rings (SSSR count). The number of ether oxygens (including phenoxy) is 1. The van der Waals surface area contributed by atoms with Crippen molar-refractivity contribution in [2.45, 2.75) is 25.0 Å². The number of fused-ring (bicyclic) bond motifs is 1. The van der Waals surface area contributed by atoms with Gasteiger partial charge in [-0.2, -0.15) is 0 Å². The molecule has 1 N–H and O–H groups in total. The van der Waals surface area contributed by atoms with Gasteiger partial charge in [0.05, 0.1) is 11.6 Å². The Hall–Kier alpha value is -2.39. The molecule has 2 atom stereocenters. The number of aromatic nitrogens is 1. The monoisotopic (exact) mass is 304 g/mol. The highest BCUT2D eigenvalue weighted by Gasteiger charge is 2.23. The third kappa shape index (κ3) is 3.20. The Bertz CT molecular complexity index is 788. The average molecular weight is 304 g/mol. The summed E-state index contributed by atoms with van der Waals surface area (Å²) in [6.07, 6.45) is 2.15. The molecule has 3 nitrogen and oxygen atoms in total. The van der Waals surface area contributed by atoms with Gasteiger partial charge >= 0.3 is 0 Å². The first-order chi connectivity index (χ1) is 11.4. The summed E-state index contributed by atoms with van der Waals surface area (Å²) < 4.78 is 5.94. The van der Waals surface area contributed by atoms with Crippen LogP contribution in [0.1, 0.15) is 24.5 Å². The van der Waals surface area contributed by atoms with E-state index >= 15 is 0 Å². The van der Waals surface area contributed by atoms with E-state index in [9.17, 15) is 0 Å². The van der Waals surface area contributed by atoms with E-state index in [-0.39, 0.29) is 6.10 Å². The van der Waals surface area contributed by atoms with Gasteiger partial charge in [-0.15, -0.1) is 0 Å². The summed E-state index contributed by atoms with van der Waals surface area (Å²) in [5.41, 5.74) is 2.29. The van der Waals surface area contributed by atoms with Crippen LogP contribution in [0, 0.1) is 0 Å². The maximum absolute atomic E-state index is 5.94. The first-order valence-electron chi connectivity index (χ1n) is 8.17. The summed E-state index contributed by atoms with van der Waals surface area (Å²) >= 11 is 0. The number of para-hydroxylation sites is 1. The number of rotatable bonds is 3. The van der Waals surface area contributed by atoms with Crippen molar-refractivity contribution in [1.29, 1.82) is 0 Å². The lowest BCUT2D eigenvalue weighted by Crippen LogP contribution is -2.30. The Kier molecular flexibility index (Phi) is 3.95. The van der Waals surface area contributed by atoms with Crippen molar-refractivity contribution < 1.29 is 4.74 Å². The molecule has 1 aliphatic heterocycles. The van der Waals surface area contributed by atoms with Crippen molar-refractivity contribution >= 4 is 16.7 Å². The lowest BCUT2D eigenvalue weighted by atomic mass is 9.97. The Morgan fingerprint density at radius 2 is 1.74 bits per heavy atom. The predicted molar refractivity (Wildman–Crippen MR) is 93.5 cm³/mol. The fraction of sp³-hybridized carbons (Fsp3) is 0.250. The molecule has 1 fully saturated rings. The molecule has 2 heterocycles. The lowest BCUT2D eigenvalue weighted by molar-refractivity contribution is 0.00975. The van der Waals surface area contributed by atoms with Crippen LogP contribution in [-0.4, -0.2) is 17.6 Å². The lowest BCUT2D eigenvalue weighted by Gasteiger charge is -2.30. The largest absolute Gasteiger partial charge is 0.373 e. The molecule has 2 aromatic carbocycles. The van der Waals surface area contributed by atoms with Gasteiger partial charge < -0.3 is 10.1 Å². The van der Waals surface area contributed by atoms with Crippen LogP contribution in [0.3, 0.4) is 0 Å². The second-order valence-electron chi connectivity index (χ2n) is 6.02. The van der Waals surface area contributed by atoms with E-state index in [0.717, 1.165) is 30.8 Å². The fourth-order valence-corrected chi connectivity index (χ4v) is 3.18. The van der Waals surface area contributed by atoms with Crippen LogP contribution in [0.5, 0.6) is 0 Å². The number of pyridine rings is 1. The van der Waals surface area contributed by atoms with Gasteiger partial charge in [-0.1, -0.05) is 48.5 Å². The summed E-state index contributed by atoms with van der Waals surface area (Å²) in [5.74, 6) is 0.947. The quantitative estimate of drug-likeness (QED) is 0.770. The highest BCUT2D eigenvalue weighted by Crippen LogP contribution is 2.29. The van der Waals surface area contributed by atoms with Crippen molar-refractivity contribution in [3.05, 3.63) is 72.3 Å². The van der Waals surface area contributed by atoms with Crippen LogP contribution in [0.15, 0.2) is 66.7 Å². The smallest absolute Gasteiger partial charge is 0.126 e. The summed E-state index contributed by atoms with van der Waals surface area (Å²) in [7, 11) is 0. The Morgan fingerprint density at radius 1 is 0.913 bits per heavy atom. The van der Waals surface area contributed by atoms with Crippen LogP contribution in [-0.2, 0) is 4.74 Å². The van der Waals surface area contributed by atoms with E-state index in [0.29, 0.717) is 6.04 Å². The van der Waals surface area contributed by atoms with Gasteiger partial charge in [-0.3, -0.25) is 0 Å². The van der Waals surface area contributed by atoms with E-state index in [1.54, 1.807) is 0 Å². The Balaban J connectivity index is 1.49. The fourth-order valence-electron chi connectivity index (χ4n) is 3.18. The molecule has 0 radical (unpaired) electrons. The first-order valence-corrected chi connectivity index (χ1v) is 8.17. The summed E-state index contributed by atoms with van der Waals surface area (Å²) in [5, 5.41) is 4.75. The van der Waals surface area contributed by atoms with Gasteiger partial charge in [0.25, 0.3) is 0 Å². The van der Waals surface area contributed by atoms with Gasteiger partial charge in [-0.25, -0.2) is 4.98 Å². The molecule has 0 bridgehead atoms. The summed E-state index contributed by atoms with van der Waals surface area (Å²) in [6.45, 7) is 0.783.